The number of nitrogens with zero attached hydrogens (tertiary/aromatic N) is 1. The molecular formula is C12H17BN. The molecule has 2 rings (SSSR count). The molecule has 0 spiro atoms. The summed E-state index contributed by atoms with van der Waals surface area (Å²) in [6, 6.07) is 8.24. The van der Waals surface area contributed by atoms with E-state index in [1.165, 1.54) is 11.1 Å². The zero-order chi connectivity index (χ0) is 10.6. The molecule has 73 valence electrons. The van der Waals surface area contributed by atoms with E-state index in [1.807, 2.05) is 26.0 Å². The highest BCUT2D eigenvalue weighted by atomic mass is 14.8. The fourth-order valence-corrected chi connectivity index (χ4v) is 1.34. The molecule has 0 aromatic heterocycles. The molecule has 0 N–H and O–H groups in total. The van der Waals surface area contributed by atoms with E-state index in [9.17, 15) is 0 Å². The van der Waals surface area contributed by atoms with Crippen molar-refractivity contribution >= 4 is 24.0 Å². The van der Waals surface area contributed by atoms with Crippen LogP contribution in [-0.4, -0.2) is 12.9 Å². The summed E-state index contributed by atoms with van der Waals surface area (Å²) in [4.78, 5) is 4.51. The van der Waals surface area contributed by atoms with Gasteiger partial charge in [0, 0.05) is 0 Å². The van der Waals surface area contributed by atoms with Gasteiger partial charge in [-0.1, -0.05) is 51.4 Å². The molecular weight excluding hydrogens is 169 g/mol. The van der Waals surface area contributed by atoms with E-state index in [4.69, 9.17) is 0 Å². The Labute approximate surface area is 87.5 Å². The second-order valence-corrected chi connectivity index (χ2v) is 3.39. The maximum Gasteiger partial charge on any atom is 0.214 e. The molecule has 1 aliphatic heterocycles. The van der Waals surface area contributed by atoms with Crippen molar-refractivity contribution in [2.24, 2.45) is 10.9 Å². The Morgan fingerprint density at radius 1 is 1.14 bits per heavy atom. The van der Waals surface area contributed by atoms with Gasteiger partial charge in [-0.3, -0.25) is 4.99 Å². The first-order chi connectivity index (χ1) is 6.77. The van der Waals surface area contributed by atoms with Gasteiger partial charge in [-0.15, -0.1) is 0 Å². The molecule has 0 unspecified atom stereocenters. The third kappa shape index (κ3) is 2.25. The van der Waals surface area contributed by atoms with Crippen LogP contribution < -0.4 is 5.46 Å². The largest absolute Gasteiger partial charge is 0.268 e. The molecule has 0 amide bonds. The number of para-hydroxylation sites is 1. The van der Waals surface area contributed by atoms with Gasteiger partial charge < -0.3 is 0 Å². The minimum absolute atomic E-state index is 0.525. The number of benzene rings is 1. The normalized spacial score (nSPS) is 12.5. The summed E-state index contributed by atoms with van der Waals surface area (Å²) in [6.07, 6.45) is 0. The highest BCUT2D eigenvalue weighted by Crippen LogP contribution is 2.15. The molecule has 1 heterocycles. The molecule has 1 radical (unpaired) electrons. The third-order valence-corrected chi connectivity index (χ3v) is 2.08. The fraction of sp³-hybridized carbons (Fsp3) is 0.417. The van der Waals surface area contributed by atoms with Gasteiger partial charge in [-0.05, 0) is 17.6 Å². The zero-order valence-corrected chi connectivity index (χ0v) is 9.41. The van der Waals surface area contributed by atoms with E-state index in [0.29, 0.717) is 5.92 Å². The topological polar surface area (TPSA) is 12.4 Å². The van der Waals surface area contributed by atoms with E-state index in [1.54, 1.807) is 0 Å². The number of rotatable bonds is 1. The standard InChI is InChI=1S/C10H11BN.C2H6/c1-7(2)10-11-8-5-3-4-6-9(8)12-10;1-2/h3-7H,1-2H3;1-2H3. The van der Waals surface area contributed by atoms with Crippen LogP contribution in [0.1, 0.15) is 27.7 Å². The van der Waals surface area contributed by atoms with Crippen molar-refractivity contribution < 1.29 is 0 Å². The summed E-state index contributed by atoms with van der Waals surface area (Å²) >= 11 is 0. The molecule has 0 fully saturated rings. The molecule has 1 aliphatic rings. The van der Waals surface area contributed by atoms with Crippen molar-refractivity contribution in [2.75, 3.05) is 0 Å². The second kappa shape index (κ2) is 4.99. The van der Waals surface area contributed by atoms with Gasteiger partial charge in [0.05, 0.1) is 5.69 Å². The predicted octanol–water partition coefficient (Wildman–Crippen LogP) is 2.74. The first-order valence-electron chi connectivity index (χ1n) is 5.30. The Morgan fingerprint density at radius 2 is 1.79 bits per heavy atom. The van der Waals surface area contributed by atoms with Crippen molar-refractivity contribution in [3.63, 3.8) is 0 Å². The van der Waals surface area contributed by atoms with Crippen LogP contribution in [0.2, 0.25) is 0 Å². The highest BCUT2D eigenvalue weighted by Gasteiger charge is 2.16. The molecule has 14 heavy (non-hydrogen) atoms. The second-order valence-electron chi connectivity index (χ2n) is 3.39. The number of hydrogen-bond donors (Lipinski definition) is 0. The fourth-order valence-electron chi connectivity index (χ4n) is 1.34. The van der Waals surface area contributed by atoms with E-state index in [0.717, 1.165) is 5.69 Å². The lowest BCUT2D eigenvalue weighted by molar-refractivity contribution is 0.900. The number of fused-ring (bicyclic) bond motifs is 1. The SMILES string of the molecule is CC.CC(C)C1=Nc2ccccc2[B]1. The lowest BCUT2D eigenvalue weighted by Gasteiger charge is -2.00. The van der Waals surface area contributed by atoms with Crippen LogP contribution in [0, 0.1) is 5.92 Å². The molecule has 0 saturated heterocycles. The number of hydrogen-bond acceptors (Lipinski definition) is 1. The maximum absolute atomic E-state index is 4.51. The predicted molar refractivity (Wildman–Crippen MR) is 65.1 cm³/mol. The van der Waals surface area contributed by atoms with Crippen molar-refractivity contribution in [3.05, 3.63) is 24.3 Å². The summed E-state index contributed by atoms with van der Waals surface area (Å²) in [7, 11) is 2.17. The molecule has 2 heteroatoms. The lowest BCUT2D eigenvalue weighted by atomic mass is 9.64. The third-order valence-electron chi connectivity index (χ3n) is 2.08. The molecule has 1 aromatic carbocycles. The smallest absolute Gasteiger partial charge is 0.214 e. The molecule has 0 aliphatic carbocycles. The Balaban J connectivity index is 0.000000461. The van der Waals surface area contributed by atoms with Crippen LogP contribution in [0.15, 0.2) is 29.3 Å². The molecule has 1 aromatic rings. The van der Waals surface area contributed by atoms with Gasteiger partial charge in [0.2, 0.25) is 7.28 Å². The van der Waals surface area contributed by atoms with Gasteiger partial charge in [-0.25, -0.2) is 0 Å². The summed E-state index contributed by atoms with van der Waals surface area (Å²) in [5, 5.41) is 0. The van der Waals surface area contributed by atoms with Crippen LogP contribution in [0.5, 0.6) is 0 Å². The minimum Gasteiger partial charge on any atom is -0.268 e. The average molecular weight is 186 g/mol. The van der Waals surface area contributed by atoms with E-state index in [-0.39, 0.29) is 0 Å². The molecule has 0 atom stereocenters. The van der Waals surface area contributed by atoms with Gasteiger partial charge >= 0.3 is 0 Å². The summed E-state index contributed by atoms with van der Waals surface area (Å²) in [5.41, 5.74) is 3.55. The number of aliphatic imine (C=N–C) groups is 1. The van der Waals surface area contributed by atoms with Crippen molar-refractivity contribution in [3.8, 4) is 0 Å². The van der Waals surface area contributed by atoms with Crippen LogP contribution in [0.4, 0.5) is 5.69 Å². The first kappa shape index (κ1) is 11.0. The van der Waals surface area contributed by atoms with E-state index < -0.39 is 0 Å². The monoisotopic (exact) mass is 186 g/mol. The Bertz CT molecular complexity index is 329. The molecule has 1 nitrogen and oxygen atoms in total. The summed E-state index contributed by atoms with van der Waals surface area (Å²) < 4.78 is 0. The Hall–Kier alpha value is -1.05. The van der Waals surface area contributed by atoms with Crippen molar-refractivity contribution in [1.29, 1.82) is 0 Å². The van der Waals surface area contributed by atoms with Gasteiger partial charge in [0.15, 0.2) is 0 Å². The van der Waals surface area contributed by atoms with Crippen LogP contribution >= 0.6 is 0 Å². The van der Waals surface area contributed by atoms with E-state index in [2.05, 4.69) is 38.3 Å². The van der Waals surface area contributed by atoms with Gasteiger partial charge in [-0.2, -0.15) is 0 Å². The van der Waals surface area contributed by atoms with Crippen LogP contribution in [0.25, 0.3) is 0 Å². The maximum atomic E-state index is 4.51. The van der Waals surface area contributed by atoms with Crippen LogP contribution in [-0.2, 0) is 0 Å². The van der Waals surface area contributed by atoms with Crippen molar-refractivity contribution in [2.45, 2.75) is 27.7 Å². The quantitative estimate of drug-likeness (QED) is 0.598. The Kier molecular flexibility index (Phi) is 3.93. The zero-order valence-electron chi connectivity index (χ0n) is 9.41. The summed E-state index contributed by atoms with van der Waals surface area (Å²) in [5.74, 6) is 0.525. The average Bonchev–Trinajstić information content (AvgIpc) is 2.64. The summed E-state index contributed by atoms with van der Waals surface area (Å²) in [6.45, 7) is 8.34. The highest BCUT2D eigenvalue weighted by molar-refractivity contribution is 6.88. The first-order valence-corrected chi connectivity index (χ1v) is 5.30. The molecule has 0 saturated carbocycles. The van der Waals surface area contributed by atoms with Crippen molar-refractivity contribution in [1.82, 2.24) is 0 Å². The van der Waals surface area contributed by atoms with Gasteiger partial charge in [0.25, 0.3) is 0 Å². The lowest BCUT2D eigenvalue weighted by Crippen LogP contribution is -2.21. The van der Waals surface area contributed by atoms with Crippen LogP contribution in [0.3, 0.4) is 0 Å². The van der Waals surface area contributed by atoms with Gasteiger partial charge in [0.1, 0.15) is 0 Å². The minimum atomic E-state index is 0.525. The van der Waals surface area contributed by atoms with E-state index >= 15 is 0 Å². The molecule has 0 bridgehead atoms. The Morgan fingerprint density at radius 3 is 2.36 bits per heavy atom.